The number of aliphatic hydroxyl groups is 1. The lowest BCUT2D eigenvalue weighted by atomic mass is 9.79. The molecule has 0 radical (unpaired) electrons. The van der Waals surface area contributed by atoms with Crippen LogP contribution in [0.4, 0.5) is 0 Å². The third-order valence-electron chi connectivity index (χ3n) is 3.29. The van der Waals surface area contributed by atoms with Gasteiger partial charge in [0.05, 0.1) is 18.3 Å². The maximum absolute atomic E-state index is 10.0. The van der Waals surface area contributed by atoms with Crippen molar-refractivity contribution in [3.05, 3.63) is 30.3 Å². The van der Waals surface area contributed by atoms with Crippen molar-refractivity contribution in [1.29, 1.82) is 0 Å². The molecule has 1 aromatic carbocycles. The Labute approximate surface area is 113 Å². The van der Waals surface area contributed by atoms with Gasteiger partial charge in [0.25, 0.3) is 0 Å². The first-order valence-electron chi connectivity index (χ1n) is 6.36. The van der Waals surface area contributed by atoms with Gasteiger partial charge in [-0.3, -0.25) is 0 Å². The predicted octanol–water partition coefficient (Wildman–Crippen LogP) is -0.0985. The summed E-state index contributed by atoms with van der Waals surface area (Å²) in [5, 5.41) is 19.8. The molecule has 0 bridgehead atoms. The van der Waals surface area contributed by atoms with E-state index < -0.39 is 25.6 Å². The van der Waals surface area contributed by atoms with E-state index in [0.29, 0.717) is 11.9 Å². The Morgan fingerprint density at radius 1 is 1.32 bits per heavy atom. The average molecular weight is 266 g/mol. The summed E-state index contributed by atoms with van der Waals surface area (Å²) in [5.41, 5.74) is 0.658. The third kappa shape index (κ3) is 3.55. The van der Waals surface area contributed by atoms with E-state index in [1.807, 2.05) is 18.2 Å². The van der Waals surface area contributed by atoms with Gasteiger partial charge >= 0.3 is 7.12 Å². The van der Waals surface area contributed by atoms with Crippen molar-refractivity contribution in [2.24, 2.45) is 0 Å². The van der Waals surface area contributed by atoms with Gasteiger partial charge in [-0.25, -0.2) is 0 Å². The van der Waals surface area contributed by atoms with Crippen LogP contribution in [0, 0.1) is 0 Å². The third-order valence-corrected chi connectivity index (χ3v) is 3.29. The lowest BCUT2D eigenvalue weighted by Gasteiger charge is -2.37. The van der Waals surface area contributed by atoms with Crippen LogP contribution < -0.4 is 5.46 Å². The summed E-state index contributed by atoms with van der Waals surface area (Å²) in [6, 6.07) is 9.06. The molecule has 1 saturated heterocycles. The minimum atomic E-state index is -1.06. The van der Waals surface area contributed by atoms with Crippen molar-refractivity contribution in [3.8, 4) is 0 Å². The summed E-state index contributed by atoms with van der Waals surface area (Å²) in [4.78, 5) is 0. The zero-order valence-electron chi connectivity index (χ0n) is 11.1. The molecule has 2 N–H and O–H groups in total. The number of benzene rings is 1. The molecule has 0 aliphatic carbocycles. The molecule has 0 unspecified atom stereocenters. The first-order valence-corrected chi connectivity index (χ1v) is 6.36. The monoisotopic (exact) mass is 266 g/mol. The van der Waals surface area contributed by atoms with Crippen molar-refractivity contribution in [3.63, 3.8) is 0 Å². The normalized spacial score (nSPS) is 31.2. The van der Waals surface area contributed by atoms with Crippen LogP contribution in [0.25, 0.3) is 0 Å². The topological polar surface area (TPSA) is 68.2 Å². The van der Waals surface area contributed by atoms with Gasteiger partial charge in [-0.05, 0) is 12.4 Å². The van der Waals surface area contributed by atoms with Crippen molar-refractivity contribution >= 4 is 12.6 Å². The maximum atomic E-state index is 10.0. The summed E-state index contributed by atoms with van der Waals surface area (Å²) in [5.74, 6) is 0. The summed E-state index contributed by atoms with van der Waals surface area (Å²) in [6.45, 7) is 1.78. The van der Waals surface area contributed by atoms with Gasteiger partial charge in [0.2, 0.25) is 0 Å². The fourth-order valence-electron chi connectivity index (χ4n) is 2.12. The fourth-order valence-corrected chi connectivity index (χ4v) is 2.12. The van der Waals surface area contributed by atoms with E-state index in [2.05, 4.69) is 0 Å². The number of hydrogen-bond acceptors (Lipinski definition) is 5. The molecular weight excluding hydrogens is 247 g/mol. The van der Waals surface area contributed by atoms with Gasteiger partial charge in [-0.15, -0.1) is 0 Å². The lowest BCUT2D eigenvalue weighted by molar-refractivity contribution is -0.247. The molecule has 19 heavy (non-hydrogen) atoms. The van der Waals surface area contributed by atoms with Crippen LogP contribution >= 0.6 is 0 Å². The zero-order valence-corrected chi connectivity index (χ0v) is 11.1. The molecule has 2 rings (SSSR count). The molecule has 0 amide bonds. The molecule has 0 saturated carbocycles. The van der Waals surface area contributed by atoms with Gasteiger partial charge in [-0.1, -0.05) is 30.3 Å². The largest absolute Gasteiger partial charge is 0.491 e. The quantitative estimate of drug-likeness (QED) is 0.745. The van der Waals surface area contributed by atoms with E-state index in [1.54, 1.807) is 19.1 Å². The van der Waals surface area contributed by atoms with Crippen LogP contribution in [0.2, 0.25) is 0 Å². The number of rotatable bonds is 4. The Morgan fingerprint density at radius 3 is 2.63 bits per heavy atom. The number of ether oxygens (including phenoxy) is 2. The Hall–Kier alpha value is -0.915. The maximum Gasteiger partial charge on any atom is 0.491 e. The van der Waals surface area contributed by atoms with Crippen molar-refractivity contribution in [2.75, 3.05) is 7.11 Å². The Morgan fingerprint density at radius 2 is 2.00 bits per heavy atom. The van der Waals surface area contributed by atoms with E-state index in [-0.39, 0.29) is 6.10 Å². The summed E-state index contributed by atoms with van der Waals surface area (Å²) in [6.07, 6.45) is -1.66. The molecule has 1 aliphatic heterocycles. The smallest absolute Gasteiger partial charge is 0.423 e. The standard InChI is InChI=1S/C13H19BO5/c1-9-11(15)8-12(13(17-2)18-9)19-14(16)10-6-4-3-5-7-10/h3-7,9,11-13,15-16H,8H2,1-2H3/t9-,11+,12+,13+/m0/s1. The lowest BCUT2D eigenvalue weighted by Crippen LogP contribution is -2.51. The van der Waals surface area contributed by atoms with E-state index in [4.69, 9.17) is 14.1 Å². The Balaban J connectivity index is 2.00. The SMILES string of the molecule is CO[C@@H]1O[C@@H](C)[C@H](O)C[C@H]1OB(O)c1ccccc1. The summed E-state index contributed by atoms with van der Waals surface area (Å²) in [7, 11) is 0.452. The van der Waals surface area contributed by atoms with Gasteiger partial charge in [0.15, 0.2) is 6.29 Å². The minimum Gasteiger partial charge on any atom is -0.423 e. The van der Waals surface area contributed by atoms with E-state index in [0.717, 1.165) is 0 Å². The highest BCUT2D eigenvalue weighted by molar-refractivity contribution is 6.59. The van der Waals surface area contributed by atoms with Crippen molar-refractivity contribution < 1.29 is 24.3 Å². The van der Waals surface area contributed by atoms with Gasteiger partial charge in [0.1, 0.15) is 0 Å². The molecule has 104 valence electrons. The second-order valence-electron chi connectivity index (χ2n) is 4.69. The summed E-state index contributed by atoms with van der Waals surface area (Å²) < 4.78 is 16.2. The van der Waals surface area contributed by atoms with Crippen LogP contribution in [0.1, 0.15) is 13.3 Å². The molecule has 4 atom stereocenters. The molecule has 1 fully saturated rings. The second kappa shape index (κ2) is 6.50. The van der Waals surface area contributed by atoms with Crippen LogP contribution in [-0.4, -0.2) is 49.0 Å². The molecule has 0 spiro atoms. The average Bonchev–Trinajstić information content (AvgIpc) is 2.43. The van der Waals surface area contributed by atoms with Gasteiger partial charge in [0, 0.05) is 13.5 Å². The molecule has 1 aromatic rings. The predicted molar refractivity (Wildman–Crippen MR) is 70.9 cm³/mol. The van der Waals surface area contributed by atoms with E-state index in [9.17, 15) is 10.1 Å². The number of hydrogen-bond donors (Lipinski definition) is 2. The molecule has 5 nitrogen and oxygen atoms in total. The summed E-state index contributed by atoms with van der Waals surface area (Å²) >= 11 is 0. The highest BCUT2D eigenvalue weighted by Gasteiger charge is 2.38. The zero-order chi connectivity index (χ0) is 13.8. The second-order valence-corrected chi connectivity index (χ2v) is 4.69. The van der Waals surface area contributed by atoms with Crippen LogP contribution in [-0.2, 0) is 14.1 Å². The highest BCUT2D eigenvalue weighted by Crippen LogP contribution is 2.23. The molecule has 1 heterocycles. The number of aliphatic hydroxyl groups excluding tert-OH is 1. The fraction of sp³-hybridized carbons (Fsp3) is 0.538. The van der Waals surface area contributed by atoms with E-state index in [1.165, 1.54) is 7.11 Å². The molecule has 0 aromatic heterocycles. The van der Waals surface area contributed by atoms with Crippen LogP contribution in [0.15, 0.2) is 30.3 Å². The molecule has 1 aliphatic rings. The van der Waals surface area contributed by atoms with Crippen molar-refractivity contribution in [2.45, 2.75) is 37.9 Å². The Kier molecular flexibility index (Phi) is 4.96. The Bertz CT molecular complexity index is 388. The van der Waals surface area contributed by atoms with Crippen molar-refractivity contribution in [1.82, 2.24) is 0 Å². The van der Waals surface area contributed by atoms with Gasteiger partial charge < -0.3 is 24.3 Å². The highest BCUT2D eigenvalue weighted by atomic mass is 16.7. The molecule has 6 heteroatoms. The minimum absolute atomic E-state index is 0.307. The van der Waals surface area contributed by atoms with Crippen LogP contribution in [0.5, 0.6) is 0 Å². The first kappa shape index (κ1) is 14.5. The first-order chi connectivity index (χ1) is 9.11. The van der Waals surface area contributed by atoms with Gasteiger partial charge in [-0.2, -0.15) is 0 Å². The number of methoxy groups -OCH3 is 1. The van der Waals surface area contributed by atoms with Crippen LogP contribution in [0.3, 0.4) is 0 Å². The molecular formula is C13H19BO5. The van der Waals surface area contributed by atoms with E-state index >= 15 is 0 Å².